The molecule has 0 amide bonds. The number of sulfonamides is 1. The second kappa shape index (κ2) is 9.30. The lowest BCUT2D eigenvalue weighted by Crippen LogP contribution is -2.36. The molecule has 1 saturated carbocycles. The Balaban J connectivity index is 1.80. The van der Waals surface area contributed by atoms with Gasteiger partial charge in [-0.3, -0.25) is 9.59 Å². The average Bonchev–Trinajstić information content (AvgIpc) is 2.74. The normalized spacial score (nSPS) is 15.0. The molecule has 0 saturated heterocycles. The fraction of sp³-hybridized carbons (Fsp3) is 0.429. The lowest BCUT2D eigenvalue weighted by atomic mass is 9.90. The van der Waals surface area contributed by atoms with Crippen molar-refractivity contribution < 1.29 is 13.5 Å². The number of anilines is 3. The molecule has 2 aromatic carbocycles. The highest BCUT2D eigenvalue weighted by Crippen LogP contribution is 2.39. The number of hydrogen-bond acceptors (Lipinski definition) is 7. The molecule has 1 aliphatic rings. The molecule has 31 heavy (non-hydrogen) atoms. The Kier molecular flexibility index (Phi) is 6.94. The van der Waals surface area contributed by atoms with Crippen molar-refractivity contribution in [2.45, 2.75) is 37.0 Å². The van der Waals surface area contributed by atoms with Gasteiger partial charge in [-0.25, -0.2) is 12.7 Å². The van der Waals surface area contributed by atoms with Crippen LogP contribution in [0.3, 0.4) is 0 Å². The van der Waals surface area contributed by atoms with Crippen LogP contribution < -0.4 is 21.5 Å². The topological polar surface area (TPSA) is 116 Å². The minimum atomic E-state index is -4.04. The standard InChI is InChI=1S/C21H24ClN3O5S/c1-25(2)31(29,30)21-14(22)10-11-15(18(21)26)24-17-16(19(27)20(17)28)23-12-6-9-13-7-4-3-5-8-13/h10-11,13,23-24,26H,3-5,7-8,12H2,1-2H3. The van der Waals surface area contributed by atoms with Crippen LogP contribution in [0, 0.1) is 17.8 Å². The third-order valence-corrected chi connectivity index (χ3v) is 7.57. The zero-order valence-electron chi connectivity index (χ0n) is 17.3. The molecule has 3 N–H and O–H groups in total. The van der Waals surface area contributed by atoms with Crippen molar-refractivity contribution in [3.05, 3.63) is 37.6 Å². The van der Waals surface area contributed by atoms with Crippen molar-refractivity contribution in [1.82, 2.24) is 4.31 Å². The van der Waals surface area contributed by atoms with Crippen LogP contribution in [0.15, 0.2) is 26.6 Å². The quantitative estimate of drug-likeness (QED) is 0.341. The zero-order valence-corrected chi connectivity index (χ0v) is 18.9. The minimum absolute atomic E-state index is 0.0503. The Hall–Kier alpha value is -2.54. The Labute approximate surface area is 186 Å². The SMILES string of the molecule is CN(C)S(=O)(=O)c1c(Cl)ccc(Nc2c(NCC#CC3CCCCC3)c(=O)c2=O)c1O. The van der Waals surface area contributed by atoms with E-state index in [0.29, 0.717) is 5.92 Å². The third kappa shape index (κ3) is 4.71. The highest BCUT2D eigenvalue weighted by Gasteiger charge is 2.28. The van der Waals surface area contributed by atoms with Crippen LogP contribution in [0.25, 0.3) is 0 Å². The Bertz CT molecular complexity index is 1210. The molecule has 0 unspecified atom stereocenters. The van der Waals surface area contributed by atoms with E-state index in [-0.39, 0.29) is 28.6 Å². The van der Waals surface area contributed by atoms with E-state index >= 15 is 0 Å². The van der Waals surface area contributed by atoms with E-state index in [4.69, 9.17) is 11.6 Å². The van der Waals surface area contributed by atoms with Crippen LogP contribution in [-0.2, 0) is 10.0 Å². The average molecular weight is 466 g/mol. The van der Waals surface area contributed by atoms with Crippen LogP contribution in [0.4, 0.5) is 17.1 Å². The number of benzene rings is 1. The van der Waals surface area contributed by atoms with E-state index in [0.717, 1.165) is 17.1 Å². The van der Waals surface area contributed by atoms with Gasteiger partial charge in [0.2, 0.25) is 10.0 Å². The maximum atomic E-state index is 12.5. The van der Waals surface area contributed by atoms with E-state index in [1.54, 1.807) is 0 Å². The van der Waals surface area contributed by atoms with Gasteiger partial charge >= 0.3 is 0 Å². The first-order chi connectivity index (χ1) is 14.6. The Morgan fingerprint density at radius 1 is 1.13 bits per heavy atom. The van der Waals surface area contributed by atoms with Crippen LogP contribution >= 0.6 is 11.6 Å². The minimum Gasteiger partial charge on any atom is -0.504 e. The molecule has 0 radical (unpaired) electrons. The molecule has 166 valence electrons. The van der Waals surface area contributed by atoms with Gasteiger partial charge in [0, 0.05) is 20.0 Å². The fourth-order valence-corrected chi connectivity index (χ4v) is 4.94. The maximum Gasteiger partial charge on any atom is 0.253 e. The summed E-state index contributed by atoms with van der Waals surface area (Å²) in [5.41, 5.74) is -1.54. The van der Waals surface area contributed by atoms with E-state index < -0.39 is 31.5 Å². The number of nitrogens with one attached hydrogen (secondary N) is 2. The van der Waals surface area contributed by atoms with Gasteiger partial charge in [-0.2, -0.15) is 0 Å². The first-order valence-electron chi connectivity index (χ1n) is 9.91. The summed E-state index contributed by atoms with van der Waals surface area (Å²) in [5, 5.41) is 15.8. The summed E-state index contributed by atoms with van der Waals surface area (Å²) in [5.74, 6) is 5.91. The monoisotopic (exact) mass is 465 g/mol. The molecule has 1 aliphatic carbocycles. The van der Waals surface area contributed by atoms with Crippen molar-refractivity contribution in [3.8, 4) is 17.6 Å². The summed E-state index contributed by atoms with van der Waals surface area (Å²) in [6, 6.07) is 2.62. The summed E-state index contributed by atoms with van der Waals surface area (Å²) in [7, 11) is -1.43. The number of phenols is 1. The number of halogens is 1. The smallest absolute Gasteiger partial charge is 0.253 e. The predicted octanol–water partition coefficient (Wildman–Crippen LogP) is 2.63. The van der Waals surface area contributed by atoms with Gasteiger partial charge < -0.3 is 15.7 Å². The number of aromatic hydroxyl groups is 1. The molecule has 10 heteroatoms. The molecule has 0 aromatic heterocycles. The van der Waals surface area contributed by atoms with Crippen LogP contribution in [0.2, 0.25) is 5.02 Å². The largest absolute Gasteiger partial charge is 0.504 e. The second-order valence-electron chi connectivity index (χ2n) is 7.60. The molecule has 3 rings (SSSR count). The molecule has 0 bridgehead atoms. The molecule has 2 aromatic rings. The van der Waals surface area contributed by atoms with Gasteiger partial charge in [0.05, 0.1) is 17.3 Å². The van der Waals surface area contributed by atoms with Crippen LogP contribution in [0.1, 0.15) is 32.1 Å². The molecule has 0 heterocycles. The fourth-order valence-electron chi connectivity index (χ4n) is 3.46. The van der Waals surface area contributed by atoms with Gasteiger partial charge in [-0.15, -0.1) is 0 Å². The number of hydrogen-bond donors (Lipinski definition) is 3. The van der Waals surface area contributed by atoms with Crippen molar-refractivity contribution in [1.29, 1.82) is 0 Å². The van der Waals surface area contributed by atoms with Crippen LogP contribution in [-0.4, -0.2) is 38.5 Å². The van der Waals surface area contributed by atoms with Crippen molar-refractivity contribution in [2.24, 2.45) is 5.92 Å². The Morgan fingerprint density at radius 3 is 2.42 bits per heavy atom. The molecule has 8 nitrogen and oxygen atoms in total. The van der Waals surface area contributed by atoms with Crippen molar-refractivity contribution >= 4 is 38.7 Å². The maximum absolute atomic E-state index is 12.5. The summed E-state index contributed by atoms with van der Waals surface area (Å²) in [4.78, 5) is 23.5. The highest BCUT2D eigenvalue weighted by atomic mass is 35.5. The summed E-state index contributed by atoms with van der Waals surface area (Å²) < 4.78 is 25.9. The van der Waals surface area contributed by atoms with E-state index in [1.807, 2.05) is 0 Å². The first-order valence-corrected chi connectivity index (χ1v) is 11.7. The van der Waals surface area contributed by atoms with E-state index in [9.17, 15) is 23.1 Å². The van der Waals surface area contributed by atoms with Gasteiger partial charge in [0.25, 0.3) is 10.9 Å². The zero-order chi connectivity index (χ0) is 22.8. The third-order valence-electron chi connectivity index (χ3n) is 5.26. The van der Waals surface area contributed by atoms with Crippen molar-refractivity contribution in [3.63, 3.8) is 0 Å². The second-order valence-corrected chi connectivity index (χ2v) is 10.1. The molecular weight excluding hydrogens is 442 g/mol. The number of nitrogens with zero attached hydrogens (tertiary/aromatic N) is 1. The molecule has 1 fully saturated rings. The van der Waals surface area contributed by atoms with E-state index in [2.05, 4.69) is 22.5 Å². The molecule has 0 atom stereocenters. The summed E-state index contributed by atoms with van der Waals surface area (Å²) in [6.07, 6.45) is 5.75. The number of phenolic OH excluding ortho intramolecular Hbond substituents is 1. The summed E-state index contributed by atoms with van der Waals surface area (Å²) in [6.45, 7) is 0.197. The highest BCUT2D eigenvalue weighted by molar-refractivity contribution is 7.89. The molecule has 0 spiro atoms. The predicted molar refractivity (Wildman–Crippen MR) is 121 cm³/mol. The number of rotatable bonds is 6. The Morgan fingerprint density at radius 2 is 1.77 bits per heavy atom. The molecule has 0 aliphatic heterocycles. The lowest BCUT2D eigenvalue weighted by Gasteiger charge is -2.18. The van der Waals surface area contributed by atoms with Gasteiger partial charge in [0.15, 0.2) is 5.75 Å². The van der Waals surface area contributed by atoms with Gasteiger partial charge in [0.1, 0.15) is 16.3 Å². The van der Waals surface area contributed by atoms with Crippen LogP contribution in [0.5, 0.6) is 5.75 Å². The first kappa shape index (κ1) is 23.1. The molecular formula is C21H24ClN3O5S. The van der Waals surface area contributed by atoms with Gasteiger partial charge in [-0.05, 0) is 25.0 Å². The van der Waals surface area contributed by atoms with Crippen molar-refractivity contribution in [2.75, 3.05) is 31.3 Å². The lowest BCUT2D eigenvalue weighted by molar-refractivity contribution is 0.430. The summed E-state index contributed by atoms with van der Waals surface area (Å²) >= 11 is 5.99. The van der Waals surface area contributed by atoms with E-state index in [1.165, 1.54) is 45.5 Å². The van der Waals surface area contributed by atoms with Gasteiger partial charge in [-0.1, -0.05) is 42.7 Å².